The monoisotopic (exact) mass is 453 g/mol. The number of carbonyl (C=O) groups is 1. The highest BCUT2D eigenvalue weighted by Crippen LogP contribution is 2.46. The molecule has 4 rings (SSSR count). The number of hydrogen-bond donors (Lipinski definition) is 1. The number of carbonyl (C=O) groups excluding carboxylic acids is 1. The molecular weight excluding hydrogens is 438 g/mol. The van der Waals surface area contributed by atoms with E-state index in [1.54, 1.807) is 12.1 Å². The van der Waals surface area contributed by atoms with Crippen LogP contribution in [-0.4, -0.2) is 5.78 Å². The van der Waals surface area contributed by atoms with Gasteiger partial charge >= 0.3 is 0 Å². The smallest absolute Gasteiger partial charge is 0.161 e. The van der Waals surface area contributed by atoms with Crippen molar-refractivity contribution in [2.75, 3.05) is 4.90 Å². The van der Waals surface area contributed by atoms with Crippen LogP contribution in [0.25, 0.3) is 0 Å². The van der Waals surface area contributed by atoms with Gasteiger partial charge in [0, 0.05) is 32.9 Å². The number of anilines is 1. The lowest BCUT2D eigenvalue weighted by molar-refractivity contribution is -0.116. The number of hydrogen-bond acceptors (Lipinski definition) is 4. The first kappa shape index (κ1) is 18.8. The predicted molar refractivity (Wildman–Crippen MR) is 114 cm³/mol. The zero-order chi connectivity index (χ0) is 19.8. The summed E-state index contributed by atoms with van der Waals surface area (Å²) in [6, 6.07) is 17.2. The SMILES string of the molecule is N#CC1=C(N)N(c2ccc(Cl)cc2)C2=C(C(=O)CCC2)[C@H]1c1ccc(Br)cc1. The Labute approximate surface area is 177 Å². The Morgan fingerprint density at radius 3 is 2.43 bits per heavy atom. The van der Waals surface area contributed by atoms with Gasteiger partial charge in [-0.25, -0.2) is 0 Å². The van der Waals surface area contributed by atoms with E-state index in [4.69, 9.17) is 17.3 Å². The van der Waals surface area contributed by atoms with Crippen molar-refractivity contribution in [2.45, 2.75) is 25.2 Å². The quantitative estimate of drug-likeness (QED) is 0.659. The molecule has 0 aromatic heterocycles. The van der Waals surface area contributed by atoms with Crippen molar-refractivity contribution in [3.63, 3.8) is 0 Å². The van der Waals surface area contributed by atoms with Gasteiger partial charge < -0.3 is 5.73 Å². The molecule has 0 spiro atoms. The number of nitrogens with zero attached hydrogens (tertiary/aromatic N) is 2. The van der Waals surface area contributed by atoms with E-state index in [9.17, 15) is 10.1 Å². The minimum atomic E-state index is -0.440. The van der Waals surface area contributed by atoms with Crippen molar-refractivity contribution < 1.29 is 4.79 Å². The van der Waals surface area contributed by atoms with Crippen LogP contribution in [0.3, 0.4) is 0 Å². The first-order valence-corrected chi connectivity index (χ1v) is 10.2. The number of allylic oxidation sites excluding steroid dienone is 3. The number of ketones is 1. The summed E-state index contributed by atoms with van der Waals surface area (Å²) in [5.74, 6) is 0.00373. The summed E-state index contributed by atoms with van der Waals surface area (Å²) in [6.07, 6.45) is 1.99. The van der Waals surface area contributed by atoms with E-state index in [-0.39, 0.29) is 5.78 Å². The molecule has 0 saturated carbocycles. The Morgan fingerprint density at radius 2 is 1.79 bits per heavy atom. The maximum Gasteiger partial charge on any atom is 0.161 e. The fourth-order valence-corrected chi connectivity index (χ4v) is 4.35. The van der Waals surface area contributed by atoms with Crippen molar-refractivity contribution in [3.8, 4) is 6.07 Å². The molecule has 28 heavy (non-hydrogen) atoms. The number of nitrogens with two attached hydrogens (primary N) is 1. The molecule has 0 amide bonds. The van der Waals surface area contributed by atoms with Crippen LogP contribution in [-0.2, 0) is 4.79 Å². The highest BCUT2D eigenvalue weighted by Gasteiger charge is 2.40. The van der Waals surface area contributed by atoms with Crippen LogP contribution in [0.2, 0.25) is 5.02 Å². The molecule has 1 aliphatic heterocycles. The molecule has 2 N–H and O–H groups in total. The summed E-state index contributed by atoms with van der Waals surface area (Å²) in [7, 11) is 0. The van der Waals surface area contributed by atoms with Crippen LogP contribution >= 0.6 is 27.5 Å². The van der Waals surface area contributed by atoms with Crippen LogP contribution in [0.15, 0.2) is 75.7 Å². The number of halogens is 2. The van der Waals surface area contributed by atoms with E-state index in [0.29, 0.717) is 28.4 Å². The molecule has 2 aromatic carbocycles. The van der Waals surface area contributed by atoms with Crippen molar-refractivity contribution in [3.05, 3.63) is 86.3 Å². The molecule has 0 bridgehead atoms. The van der Waals surface area contributed by atoms with Gasteiger partial charge in [0.05, 0.1) is 17.6 Å². The van der Waals surface area contributed by atoms with Crippen LogP contribution in [0, 0.1) is 11.3 Å². The molecule has 6 heteroatoms. The lowest BCUT2D eigenvalue weighted by Gasteiger charge is -2.39. The van der Waals surface area contributed by atoms with Gasteiger partial charge in [-0.15, -0.1) is 0 Å². The van der Waals surface area contributed by atoms with E-state index in [1.165, 1.54) is 0 Å². The fourth-order valence-electron chi connectivity index (χ4n) is 3.96. The van der Waals surface area contributed by atoms with Gasteiger partial charge in [0.15, 0.2) is 5.78 Å². The average Bonchev–Trinajstić information content (AvgIpc) is 2.69. The highest BCUT2D eigenvalue weighted by atomic mass is 79.9. The maximum atomic E-state index is 13.0. The van der Waals surface area contributed by atoms with Crippen molar-refractivity contribution >= 4 is 39.0 Å². The molecule has 1 atom stereocenters. The van der Waals surface area contributed by atoms with E-state index in [1.807, 2.05) is 41.3 Å². The molecular formula is C22H17BrClN3O. The van der Waals surface area contributed by atoms with E-state index in [2.05, 4.69) is 22.0 Å². The summed E-state index contributed by atoms with van der Waals surface area (Å²) in [5, 5.41) is 10.6. The minimum Gasteiger partial charge on any atom is -0.384 e. The summed E-state index contributed by atoms with van der Waals surface area (Å²) in [6.45, 7) is 0. The van der Waals surface area contributed by atoms with Gasteiger partial charge in [-0.05, 0) is 54.8 Å². The van der Waals surface area contributed by atoms with E-state index in [0.717, 1.165) is 34.3 Å². The van der Waals surface area contributed by atoms with Crippen LogP contribution < -0.4 is 10.6 Å². The Bertz CT molecular complexity index is 1050. The molecule has 0 radical (unpaired) electrons. The Hall–Kier alpha value is -2.55. The van der Waals surface area contributed by atoms with E-state index >= 15 is 0 Å². The molecule has 1 heterocycles. The van der Waals surface area contributed by atoms with Gasteiger partial charge in [-0.3, -0.25) is 9.69 Å². The first-order valence-electron chi connectivity index (χ1n) is 8.98. The summed E-state index contributed by atoms with van der Waals surface area (Å²) in [5.41, 5.74) is 10.1. The molecule has 0 unspecified atom stereocenters. The molecule has 0 fully saturated rings. The Morgan fingerprint density at radius 1 is 1.11 bits per heavy atom. The third kappa shape index (κ3) is 3.13. The first-order chi connectivity index (χ1) is 13.5. The normalized spacial score (nSPS) is 19.5. The second kappa shape index (κ2) is 7.46. The van der Waals surface area contributed by atoms with Gasteiger partial charge in [0.2, 0.25) is 0 Å². The highest BCUT2D eigenvalue weighted by molar-refractivity contribution is 9.10. The van der Waals surface area contributed by atoms with Crippen LogP contribution in [0.1, 0.15) is 30.7 Å². The van der Waals surface area contributed by atoms with E-state index < -0.39 is 5.92 Å². The molecule has 1 aliphatic carbocycles. The van der Waals surface area contributed by atoms with Gasteiger partial charge in [-0.2, -0.15) is 5.26 Å². The zero-order valence-electron chi connectivity index (χ0n) is 15.0. The second-order valence-corrected chi connectivity index (χ2v) is 8.20. The molecule has 140 valence electrons. The molecule has 4 nitrogen and oxygen atoms in total. The number of rotatable bonds is 2. The maximum absolute atomic E-state index is 13.0. The van der Waals surface area contributed by atoms with Crippen molar-refractivity contribution in [2.24, 2.45) is 5.73 Å². The zero-order valence-corrected chi connectivity index (χ0v) is 17.3. The lowest BCUT2D eigenvalue weighted by Crippen LogP contribution is -2.38. The molecule has 0 saturated heterocycles. The van der Waals surface area contributed by atoms with Gasteiger partial charge in [-0.1, -0.05) is 39.7 Å². The fraction of sp³-hybridized carbons (Fsp3) is 0.182. The standard InChI is InChI=1S/C22H17BrClN3O/c23-14-6-4-13(5-7-14)20-17(12-25)22(26)27(16-10-8-15(24)9-11-16)18-2-1-3-19(28)21(18)20/h4-11,20H,1-3,26H2/t20-/m0/s1. The van der Waals surface area contributed by atoms with Crippen LogP contribution in [0.5, 0.6) is 0 Å². The summed E-state index contributed by atoms with van der Waals surface area (Å²) >= 11 is 9.48. The molecule has 2 aliphatic rings. The number of Topliss-reactive ketones (excluding diaryl/α,β-unsaturated/α-hetero) is 1. The lowest BCUT2D eigenvalue weighted by atomic mass is 9.75. The Kier molecular flexibility index (Phi) is 5.01. The summed E-state index contributed by atoms with van der Waals surface area (Å²) < 4.78 is 0.939. The third-order valence-corrected chi connectivity index (χ3v) is 5.98. The molecule has 2 aromatic rings. The van der Waals surface area contributed by atoms with Crippen molar-refractivity contribution in [1.82, 2.24) is 0 Å². The third-order valence-electron chi connectivity index (χ3n) is 5.20. The Balaban J connectivity index is 1.95. The van der Waals surface area contributed by atoms with Gasteiger partial charge in [0.25, 0.3) is 0 Å². The second-order valence-electron chi connectivity index (χ2n) is 6.84. The van der Waals surface area contributed by atoms with Crippen LogP contribution in [0.4, 0.5) is 5.69 Å². The summed E-state index contributed by atoms with van der Waals surface area (Å²) in [4.78, 5) is 14.8. The predicted octanol–water partition coefficient (Wildman–Crippen LogP) is 5.41. The number of nitriles is 1. The van der Waals surface area contributed by atoms with Gasteiger partial charge in [0.1, 0.15) is 5.82 Å². The average molecular weight is 455 g/mol. The number of benzene rings is 2. The largest absolute Gasteiger partial charge is 0.384 e. The van der Waals surface area contributed by atoms with Crippen molar-refractivity contribution in [1.29, 1.82) is 5.26 Å². The minimum absolute atomic E-state index is 0.0772. The topological polar surface area (TPSA) is 70.1 Å².